The van der Waals surface area contributed by atoms with Crippen LogP contribution in [0.2, 0.25) is 0 Å². The van der Waals surface area contributed by atoms with Crippen molar-refractivity contribution in [2.75, 3.05) is 20.5 Å². The van der Waals surface area contributed by atoms with Crippen molar-refractivity contribution in [1.29, 1.82) is 0 Å². The number of rotatable bonds is 6. The van der Waals surface area contributed by atoms with Crippen molar-refractivity contribution in [3.8, 4) is 17.2 Å². The fourth-order valence-corrected chi connectivity index (χ4v) is 3.57. The highest BCUT2D eigenvalue weighted by molar-refractivity contribution is 7.88. The van der Waals surface area contributed by atoms with Crippen LogP contribution < -0.4 is 18.9 Å². The van der Waals surface area contributed by atoms with Crippen LogP contribution in [-0.2, 0) is 10.0 Å². The minimum Gasteiger partial charge on any atom is -0.493 e. The Bertz CT molecular complexity index is 594. The summed E-state index contributed by atoms with van der Waals surface area (Å²) in [4.78, 5) is 0. The first-order valence-corrected chi connectivity index (χ1v) is 9.17. The molecule has 1 aliphatic rings. The molecular formula is C15H23NO5S. The summed E-state index contributed by atoms with van der Waals surface area (Å²) in [6.45, 7) is 0. The number of ether oxygens (including phenoxy) is 3. The molecule has 0 aliphatic heterocycles. The van der Waals surface area contributed by atoms with E-state index in [-0.39, 0.29) is 12.1 Å². The molecule has 0 atom stereocenters. The third-order valence-corrected chi connectivity index (χ3v) is 4.48. The Hall–Kier alpha value is -1.47. The second-order valence-corrected chi connectivity index (χ2v) is 7.25. The Kier molecular flexibility index (Phi) is 5.52. The van der Waals surface area contributed by atoms with E-state index in [1.165, 1.54) is 6.26 Å². The van der Waals surface area contributed by atoms with Crippen LogP contribution in [0, 0.1) is 0 Å². The quantitative estimate of drug-likeness (QED) is 0.863. The SMILES string of the molecule is COc1cccc(OC2CCC(NS(C)(=O)=O)CC2)c1OC. The van der Waals surface area contributed by atoms with Gasteiger partial charge in [0.15, 0.2) is 11.5 Å². The largest absolute Gasteiger partial charge is 0.493 e. The summed E-state index contributed by atoms with van der Waals surface area (Å²) < 4.78 is 41.8. The van der Waals surface area contributed by atoms with Gasteiger partial charge in [-0.25, -0.2) is 13.1 Å². The average molecular weight is 329 g/mol. The molecule has 0 spiro atoms. The minimum atomic E-state index is -3.15. The number of nitrogens with one attached hydrogen (secondary N) is 1. The second kappa shape index (κ2) is 7.19. The summed E-state index contributed by atoms with van der Waals surface area (Å²) in [5, 5.41) is 0. The maximum Gasteiger partial charge on any atom is 0.208 e. The van der Waals surface area contributed by atoms with Gasteiger partial charge < -0.3 is 14.2 Å². The molecule has 1 saturated carbocycles. The first-order chi connectivity index (χ1) is 10.4. The Balaban J connectivity index is 1.96. The standard InChI is InChI=1S/C15H23NO5S/c1-19-13-5-4-6-14(15(13)20-2)21-12-9-7-11(8-10-12)16-22(3,17)18/h4-6,11-12,16H,7-10H2,1-3H3. The highest BCUT2D eigenvalue weighted by Crippen LogP contribution is 2.38. The topological polar surface area (TPSA) is 73.9 Å². The van der Waals surface area contributed by atoms with Gasteiger partial charge >= 0.3 is 0 Å². The molecule has 7 heteroatoms. The van der Waals surface area contributed by atoms with Gasteiger partial charge in [0.2, 0.25) is 15.8 Å². The van der Waals surface area contributed by atoms with Crippen LogP contribution in [0.4, 0.5) is 0 Å². The van der Waals surface area contributed by atoms with E-state index in [2.05, 4.69) is 4.72 Å². The summed E-state index contributed by atoms with van der Waals surface area (Å²) in [6, 6.07) is 5.52. The zero-order chi connectivity index (χ0) is 16.2. The minimum absolute atomic E-state index is 0.00190. The van der Waals surface area contributed by atoms with E-state index in [4.69, 9.17) is 14.2 Å². The predicted octanol–water partition coefficient (Wildman–Crippen LogP) is 1.94. The first kappa shape index (κ1) is 16.9. The van der Waals surface area contributed by atoms with Gasteiger partial charge in [-0.05, 0) is 37.8 Å². The van der Waals surface area contributed by atoms with E-state index < -0.39 is 10.0 Å². The van der Waals surface area contributed by atoms with Crippen LogP contribution in [0.15, 0.2) is 18.2 Å². The van der Waals surface area contributed by atoms with Crippen LogP contribution in [-0.4, -0.2) is 41.0 Å². The van der Waals surface area contributed by atoms with E-state index in [0.29, 0.717) is 17.2 Å². The zero-order valence-corrected chi connectivity index (χ0v) is 14.0. The lowest BCUT2D eigenvalue weighted by atomic mass is 9.93. The second-order valence-electron chi connectivity index (χ2n) is 5.47. The molecule has 22 heavy (non-hydrogen) atoms. The maximum atomic E-state index is 11.3. The van der Waals surface area contributed by atoms with E-state index in [9.17, 15) is 8.42 Å². The number of sulfonamides is 1. The van der Waals surface area contributed by atoms with Gasteiger partial charge in [-0.1, -0.05) is 6.07 Å². The number of methoxy groups -OCH3 is 2. The van der Waals surface area contributed by atoms with Crippen LogP contribution in [0.5, 0.6) is 17.2 Å². The van der Waals surface area contributed by atoms with Gasteiger partial charge in [-0.2, -0.15) is 0 Å². The van der Waals surface area contributed by atoms with Gasteiger partial charge in [0.25, 0.3) is 0 Å². The molecule has 1 aliphatic carbocycles. The summed E-state index contributed by atoms with van der Waals surface area (Å²) in [6.07, 6.45) is 4.38. The fraction of sp³-hybridized carbons (Fsp3) is 0.600. The normalized spacial score (nSPS) is 22.1. The molecule has 124 valence electrons. The lowest BCUT2D eigenvalue weighted by molar-refractivity contribution is 0.138. The zero-order valence-electron chi connectivity index (χ0n) is 13.2. The Labute approximate surface area is 131 Å². The maximum absolute atomic E-state index is 11.3. The Morgan fingerprint density at radius 1 is 1.05 bits per heavy atom. The fourth-order valence-electron chi connectivity index (χ4n) is 2.73. The molecule has 0 saturated heterocycles. The van der Waals surface area contributed by atoms with Gasteiger partial charge in [0.05, 0.1) is 26.6 Å². The molecule has 1 N–H and O–H groups in total. The number of hydrogen-bond donors (Lipinski definition) is 1. The number of benzene rings is 1. The van der Waals surface area contributed by atoms with Crippen LogP contribution in [0.1, 0.15) is 25.7 Å². The Morgan fingerprint density at radius 2 is 1.68 bits per heavy atom. The third-order valence-electron chi connectivity index (χ3n) is 3.72. The third kappa shape index (κ3) is 4.51. The van der Waals surface area contributed by atoms with Crippen molar-refractivity contribution in [1.82, 2.24) is 4.72 Å². The first-order valence-electron chi connectivity index (χ1n) is 7.28. The van der Waals surface area contributed by atoms with Crippen molar-refractivity contribution >= 4 is 10.0 Å². The summed E-state index contributed by atoms with van der Waals surface area (Å²) in [5.74, 6) is 1.87. The summed E-state index contributed by atoms with van der Waals surface area (Å²) in [5.41, 5.74) is 0. The van der Waals surface area contributed by atoms with E-state index >= 15 is 0 Å². The lowest BCUT2D eigenvalue weighted by Gasteiger charge is -2.29. The molecular weight excluding hydrogens is 306 g/mol. The highest BCUT2D eigenvalue weighted by atomic mass is 32.2. The molecule has 0 radical (unpaired) electrons. The van der Waals surface area contributed by atoms with Gasteiger partial charge in [-0.3, -0.25) is 0 Å². The lowest BCUT2D eigenvalue weighted by Crippen LogP contribution is -2.39. The summed E-state index contributed by atoms with van der Waals surface area (Å²) >= 11 is 0. The van der Waals surface area contributed by atoms with E-state index in [0.717, 1.165) is 25.7 Å². The molecule has 1 fully saturated rings. The highest BCUT2D eigenvalue weighted by Gasteiger charge is 2.25. The molecule has 0 amide bonds. The van der Waals surface area contributed by atoms with E-state index in [1.807, 2.05) is 18.2 Å². The van der Waals surface area contributed by atoms with Gasteiger partial charge in [0, 0.05) is 6.04 Å². The van der Waals surface area contributed by atoms with Crippen LogP contribution >= 0.6 is 0 Å². The molecule has 0 unspecified atom stereocenters. The predicted molar refractivity (Wildman–Crippen MR) is 84.2 cm³/mol. The molecule has 1 aromatic carbocycles. The van der Waals surface area contributed by atoms with Crippen molar-refractivity contribution in [3.63, 3.8) is 0 Å². The molecule has 1 aromatic rings. The average Bonchev–Trinajstić information content (AvgIpc) is 2.47. The van der Waals surface area contributed by atoms with Gasteiger partial charge in [0.1, 0.15) is 0 Å². The molecule has 0 aromatic heterocycles. The molecule has 2 rings (SSSR count). The van der Waals surface area contributed by atoms with Crippen molar-refractivity contribution in [2.24, 2.45) is 0 Å². The van der Waals surface area contributed by atoms with Crippen molar-refractivity contribution in [3.05, 3.63) is 18.2 Å². The molecule has 0 heterocycles. The van der Waals surface area contributed by atoms with Crippen molar-refractivity contribution in [2.45, 2.75) is 37.8 Å². The smallest absolute Gasteiger partial charge is 0.208 e. The molecule has 6 nitrogen and oxygen atoms in total. The van der Waals surface area contributed by atoms with Crippen LogP contribution in [0.25, 0.3) is 0 Å². The number of hydrogen-bond acceptors (Lipinski definition) is 5. The van der Waals surface area contributed by atoms with Gasteiger partial charge in [-0.15, -0.1) is 0 Å². The molecule has 0 bridgehead atoms. The Morgan fingerprint density at radius 3 is 2.23 bits per heavy atom. The van der Waals surface area contributed by atoms with Crippen LogP contribution in [0.3, 0.4) is 0 Å². The number of para-hydroxylation sites is 1. The summed E-state index contributed by atoms with van der Waals surface area (Å²) in [7, 11) is 0.0209. The van der Waals surface area contributed by atoms with Crippen molar-refractivity contribution < 1.29 is 22.6 Å². The monoisotopic (exact) mass is 329 g/mol. The van der Waals surface area contributed by atoms with E-state index in [1.54, 1.807) is 14.2 Å².